The van der Waals surface area contributed by atoms with E-state index in [2.05, 4.69) is 6.07 Å². The van der Waals surface area contributed by atoms with Gasteiger partial charge in [-0.1, -0.05) is 6.07 Å². The van der Waals surface area contributed by atoms with E-state index in [1.807, 2.05) is 23.9 Å². The highest BCUT2D eigenvalue weighted by Gasteiger charge is 2.40. The van der Waals surface area contributed by atoms with Crippen LogP contribution in [0.3, 0.4) is 0 Å². The maximum atomic E-state index is 6.23. The summed E-state index contributed by atoms with van der Waals surface area (Å²) in [6.07, 6.45) is 4.70. The van der Waals surface area contributed by atoms with Gasteiger partial charge in [0.25, 0.3) is 0 Å². The van der Waals surface area contributed by atoms with Crippen molar-refractivity contribution in [2.24, 2.45) is 5.73 Å². The summed E-state index contributed by atoms with van der Waals surface area (Å²) in [5.74, 6) is 4.05. The molecule has 4 heteroatoms. The van der Waals surface area contributed by atoms with E-state index in [-0.39, 0.29) is 5.54 Å². The largest absolute Gasteiger partial charge is 0.493 e. The summed E-state index contributed by atoms with van der Waals surface area (Å²) in [7, 11) is 1.69. The summed E-state index contributed by atoms with van der Waals surface area (Å²) in [5, 5.41) is 0. The number of thioether (sulfide) groups is 1. The Bertz CT molecular complexity index is 453. The van der Waals surface area contributed by atoms with Crippen molar-refractivity contribution in [2.45, 2.75) is 37.3 Å². The zero-order chi connectivity index (χ0) is 13.3. The fourth-order valence-corrected chi connectivity index (χ4v) is 3.53. The van der Waals surface area contributed by atoms with Crippen LogP contribution in [-0.4, -0.2) is 24.7 Å². The van der Waals surface area contributed by atoms with E-state index >= 15 is 0 Å². The highest BCUT2D eigenvalue weighted by molar-refractivity contribution is 7.99. The van der Waals surface area contributed by atoms with Gasteiger partial charge in [0.05, 0.1) is 7.11 Å². The van der Waals surface area contributed by atoms with Crippen molar-refractivity contribution in [3.63, 3.8) is 0 Å². The molecule has 0 aromatic heterocycles. The molecule has 1 aliphatic carbocycles. The van der Waals surface area contributed by atoms with E-state index in [4.69, 9.17) is 15.2 Å². The van der Waals surface area contributed by atoms with Gasteiger partial charge in [0.1, 0.15) is 6.10 Å². The van der Waals surface area contributed by atoms with Crippen LogP contribution in [0, 0.1) is 0 Å². The zero-order valence-electron chi connectivity index (χ0n) is 11.4. The molecule has 0 amide bonds. The number of benzene rings is 1. The van der Waals surface area contributed by atoms with Crippen molar-refractivity contribution in [1.82, 2.24) is 0 Å². The van der Waals surface area contributed by atoms with Crippen molar-refractivity contribution < 1.29 is 9.47 Å². The third-order valence-corrected chi connectivity index (χ3v) is 5.04. The molecule has 0 radical (unpaired) electrons. The smallest absolute Gasteiger partial charge is 0.161 e. The summed E-state index contributed by atoms with van der Waals surface area (Å²) in [6, 6.07) is 6.14. The minimum Gasteiger partial charge on any atom is -0.493 e. The highest BCUT2D eigenvalue weighted by atomic mass is 32.2. The predicted molar refractivity (Wildman–Crippen MR) is 79.1 cm³/mol. The van der Waals surface area contributed by atoms with Crippen LogP contribution in [-0.2, 0) is 5.54 Å². The Morgan fingerprint density at radius 2 is 1.95 bits per heavy atom. The molecule has 1 aromatic carbocycles. The topological polar surface area (TPSA) is 44.5 Å². The Morgan fingerprint density at radius 3 is 2.58 bits per heavy atom. The minimum atomic E-state index is -0.118. The molecule has 1 saturated heterocycles. The van der Waals surface area contributed by atoms with Crippen LogP contribution in [0.4, 0.5) is 0 Å². The molecule has 104 valence electrons. The van der Waals surface area contributed by atoms with Crippen LogP contribution in [0.5, 0.6) is 11.5 Å². The number of ether oxygens (including phenoxy) is 2. The standard InChI is InChI=1S/C15H21NO2S/c1-17-14-10-11(15(16)6-7-15)2-3-13(14)18-12-4-8-19-9-5-12/h2-3,10,12H,4-9,16H2,1H3. The molecule has 1 heterocycles. The average molecular weight is 279 g/mol. The lowest BCUT2D eigenvalue weighted by Crippen LogP contribution is -2.23. The first kappa shape index (κ1) is 13.1. The number of hydrogen-bond donors (Lipinski definition) is 1. The molecule has 19 heavy (non-hydrogen) atoms. The number of hydrogen-bond acceptors (Lipinski definition) is 4. The molecule has 3 nitrogen and oxygen atoms in total. The summed E-state index contributed by atoms with van der Waals surface area (Å²) in [6.45, 7) is 0. The van der Waals surface area contributed by atoms with Gasteiger partial charge >= 0.3 is 0 Å². The molecule has 3 rings (SSSR count). The van der Waals surface area contributed by atoms with Crippen LogP contribution in [0.1, 0.15) is 31.2 Å². The van der Waals surface area contributed by atoms with Crippen molar-refractivity contribution in [3.05, 3.63) is 23.8 Å². The third kappa shape index (κ3) is 2.84. The van der Waals surface area contributed by atoms with Crippen LogP contribution in [0.25, 0.3) is 0 Å². The Hall–Kier alpha value is -0.870. The van der Waals surface area contributed by atoms with E-state index < -0.39 is 0 Å². The molecular formula is C15H21NO2S. The monoisotopic (exact) mass is 279 g/mol. The van der Waals surface area contributed by atoms with Gasteiger partial charge in [0.2, 0.25) is 0 Å². The maximum Gasteiger partial charge on any atom is 0.161 e. The SMILES string of the molecule is COc1cc(C2(N)CC2)ccc1OC1CCSCC1. The van der Waals surface area contributed by atoms with Gasteiger partial charge in [0.15, 0.2) is 11.5 Å². The second-order valence-electron chi connectivity index (χ2n) is 5.45. The summed E-state index contributed by atoms with van der Waals surface area (Å²) in [4.78, 5) is 0. The summed E-state index contributed by atoms with van der Waals surface area (Å²) < 4.78 is 11.6. The van der Waals surface area contributed by atoms with E-state index in [1.54, 1.807) is 7.11 Å². The number of nitrogens with two attached hydrogens (primary N) is 1. The highest BCUT2D eigenvalue weighted by Crippen LogP contribution is 2.45. The van der Waals surface area contributed by atoms with Crippen LogP contribution < -0.4 is 15.2 Å². The van der Waals surface area contributed by atoms with Crippen LogP contribution in [0.2, 0.25) is 0 Å². The lowest BCUT2D eigenvalue weighted by molar-refractivity contribution is 0.184. The molecule has 1 aliphatic heterocycles. The quantitative estimate of drug-likeness (QED) is 0.920. The Labute approximate surface area is 118 Å². The lowest BCUT2D eigenvalue weighted by Gasteiger charge is -2.24. The molecule has 1 saturated carbocycles. The Kier molecular flexibility index (Phi) is 3.63. The van der Waals surface area contributed by atoms with Gasteiger partial charge in [-0.05, 0) is 54.9 Å². The molecule has 2 fully saturated rings. The van der Waals surface area contributed by atoms with E-state index in [0.717, 1.165) is 42.7 Å². The van der Waals surface area contributed by atoms with E-state index in [1.165, 1.54) is 11.5 Å². The fraction of sp³-hybridized carbons (Fsp3) is 0.600. The second kappa shape index (κ2) is 5.25. The number of rotatable bonds is 4. The van der Waals surface area contributed by atoms with Gasteiger partial charge in [0, 0.05) is 5.54 Å². The Morgan fingerprint density at radius 1 is 1.21 bits per heavy atom. The van der Waals surface area contributed by atoms with Gasteiger partial charge in [-0.2, -0.15) is 11.8 Å². The lowest BCUT2D eigenvalue weighted by atomic mass is 10.1. The Balaban J connectivity index is 1.76. The van der Waals surface area contributed by atoms with Crippen LogP contribution in [0.15, 0.2) is 18.2 Å². The first-order valence-corrected chi connectivity index (χ1v) is 8.08. The average Bonchev–Trinajstić information content (AvgIpc) is 3.19. The molecular weight excluding hydrogens is 258 g/mol. The first-order valence-electron chi connectivity index (χ1n) is 6.93. The molecule has 0 spiro atoms. The molecule has 0 unspecified atom stereocenters. The van der Waals surface area contributed by atoms with Crippen LogP contribution >= 0.6 is 11.8 Å². The molecule has 0 atom stereocenters. The molecule has 2 aliphatic rings. The van der Waals surface area contributed by atoms with Gasteiger partial charge < -0.3 is 15.2 Å². The van der Waals surface area contributed by atoms with E-state index in [9.17, 15) is 0 Å². The second-order valence-corrected chi connectivity index (χ2v) is 6.68. The van der Waals surface area contributed by atoms with Crippen molar-refractivity contribution in [2.75, 3.05) is 18.6 Å². The molecule has 2 N–H and O–H groups in total. The maximum absolute atomic E-state index is 6.23. The van der Waals surface area contributed by atoms with Gasteiger partial charge in [-0.15, -0.1) is 0 Å². The zero-order valence-corrected chi connectivity index (χ0v) is 12.2. The van der Waals surface area contributed by atoms with Crippen molar-refractivity contribution in [1.29, 1.82) is 0 Å². The first-order chi connectivity index (χ1) is 9.21. The molecule has 1 aromatic rings. The fourth-order valence-electron chi connectivity index (χ4n) is 2.47. The minimum absolute atomic E-state index is 0.118. The van der Waals surface area contributed by atoms with Crippen molar-refractivity contribution in [3.8, 4) is 11.5 Å². The van der Waals surface area contributed by atoms with E-state index in [0.29, 0.717) is 6.10 Å². The summed E-state index contributed by atoms with van der Waals surface area (Å²) >= 11 is 2.01. The summed E-state index contributed by atoms with van der Waals surface area (Å²) in [5.41, 5.74) is 7.27. The normalized spacial score (nSPS) is 22.0. The predicted octanol–water partition coefficient (Wildman–Crippen LogP) is 2.92. The number of methoxy groups -OCH3 is 1. The van der Waals surface area contributed by atoms with Gasteiger partial charge in [-0.25, -0.2) is 0 Å². The van der Waals surface area contributed by atoms with Crippen molar-refractivity contribution >= 4 is 11.8 Å². The molecule has 0 bridgehead atoms. The van der Waals surface area contributed by atoms with Gasteiger partial charge in [-0.3, -0.25) is 0 Å². The third-order valence-electron chi connectivity index (χ3n) is 3.99.